The maximum absolute atomic E-state index is 5.98. The minimum atomic E-state index is -2.57. The summed E-state index contributed by atoms with van der Waals surface area (Å²) in [6.45, 7) is 1.08. The van der Waals surface area contributed by atoms with Crippen LogP contribution >= 0.6 is 7.66 Å². The predicted octanol–water partition coefficient (Wildman–Crippen LogP) is 4.32. The topological polar surface area (TPSA) is 46.4 Å². The normalized spacial score (nSPS) is 17.0. The zero-order chi connectivity index (χ0) is 16.1. The zero-order valence-corrected chi connectivity index (χ0v) is 14.2. The van der Waals surface area contributed by atoms with E-state index >= 15 is 0 Å². The van der Waals surface area contributed by atoms with Crippen LogP contribution in [0.3, 0.4) is 0 Å². The van der Waals surface area contributed by atoms with E-state index < -0.39 is 7.66 Å². The maximum Gasteiger partial charge on any atom is 0.323 e. The first-order valence-electron chi connectivity index (χ1n) is 7.48. The van der Waals surface area contributed by atoms with Crippen molar-refractivity contribution in [2.45, 2.75) is 0 Å². The molecule has 6 heteroatoms. The largest absolute Gasteiger partial charge is 0.323 e. The van der Waals surface area contributed by atoms with Gasteiger partial charge in [-0.25, -0.2) is 0 Å². The molecule has 1 saturated heterocycles. The molecule has 1 heterocycles. The number of benzene rings is 2. The quantitative estimate of drug-likeness (QED) is 0.479. The lowest BCUT2D eigenvalue weighted by Crippen LogP contribution is -2.25. The van der Waals surface area contributed by atoms with Crippen LogP contribution in [0.15, 0.2) is 70.4 Å². The van der Waals surface area contributed by atoms with E-state index in [0.717, 1.165) is 17.1 Å². The molecule has 0 unspecified atom stereocenters. The summed E-state index contributed by atoms with van der Waals surface area (Å²) in [5.41, 5.74) is 1.86. The third-order valence-corrected chi connectivity index (χ3v) is 6.00. The van der Waals surface area contributed by atoms with Crippen LogP contribution in [0.4, 0.5) is 5.69 Å². The average Bonchev–Trinajstić information content (AvgIpc) is 3.07. The second-order valence-electron chi connectivity index (χ2n) is 5.03. The molecule has 0 N–H and O–H groups in total. The van der Waals surface area contributed by atoms with E-state index in [9.17, 15) is 0 Å². The minimum Gasteiger partial charge on any atom is -0.305 e. The van der Waals surface area contributed by atoms with Crippen LogP contribution in [0.1, 0.15) is 5.56 Å². The summed E-state index contributed by atoms with van der Waals surface area (Å²) in [6.07, 6.45) is 0. The van der Waals surface area contributed by atoms with Crippen LogP contribution in [-0.2, 0) is 9.05 Å². The summed E-state index contributed by atoms with van der Waals surface area (Å²) < 4.78 is 18.7. The second-order valence-corrected chi connectivity index (χ2v) is 7.33. The molecule has 0 bridgehead atoms. The lowest BCUT2D eigenvalue weighted by atomic mass is 10.2. The van der Waals surface area contributed by atoms with Crippen LogP contribution < -0.4 is 0 Å². The van der Waals surface area contributed by atoms with Crippen molar-refractivity contribution in [2.24, 2.45) is 9.74 Å². The Hall–Kier alpha value is -1.94. The zero-order valence-electron chi connectivity index (χ0n) is 13.3. The lowest BCUT2D eigenvalue weighted by molar-refractivity contribution is 0.365. The summed E-state index contributed by atoms with van der Waals surface area (Å²) in [5.74, 6) is 0.806. The molecule has 0 aromatic heterocycles. The van der Waals surface area contributed by atoms with Gasteiger partial charge in [-0.1, -0.05) is 48.5 Å². The van der Waals surface area contributed by atoms with E-state index in [1.54, 1.807) is 7.05 Å². The van der Waals surface area contributed by atoms with Crippen LogP contribution in [0.2, 0.25) is 0 Å². The van der Waals surface area contributed by atoms with Crippen molar-refractivity contribution in [3.05, 3.63) is 66.2 Å². The van der Waals surface area contributed by atoms with Gasteiger partial charge in [0.25, 0.3) is 0 Å². The molecule has 0 atom stereocenters. The minimum absolute atomic E-state index is 0.542. The lowest BCUT2D eigenvalue weighted by Gasteiger charge is -2.29. The molecular weight excluding hydrogens is 309 g/mol. The van der Waals surface area contributed by atoms with Gasteiger partial charge in [0, 0.05) is 19.7 Å². The first-order chi connectivity index (χ1) is 11.2. The Labute approximate surface area is 136 Å². The van der Waals surface area contributed by atoms with Crippen LogP contribution in [0.25, 0.3) is 0 Å². The fraction of sp³-hybridized carbons (Fsp3) is 0.235. The van der Waals surface area contributed by atoms with Crippen LogP contribution in [0, 0.1) is 0 Å². The molecule has 0 amide bonds. The Balaban J connectivity index is 2.03. The Morgan fingerprint density at radius 1 is 0.957 bits per heavy atom. The van der Waals surface area contributed by atoms with Crippen molar-refractivity contribution < 1.29 is 9.05 Å². The second kappa shape index (κ2) is 7.09. The number of amidine groups is 1. The average molecular weight is 329 g/mol. The first-order valence-corrected chi connectivity index (χ1v) is 9.01. The SMILES string of the molecule is CN=C(c1ccccc1)N(C)P1(=Nc2ccccc2)OCCO1. The van der Waals surface area contributed by atoms with Gasteiger partial charge in [0.15, 0.2) is 0 Å². The molecular formula is C17H20N3O2P. The van der Waals surface area contributed by atoms with E-state index in [1.807, 2.05) is 72.4 Å². The summed E-state index contributed by atoms with van der Waals surface area (Å²) in [4.78, 5) is 4.44. The first kappa shape index (κ1) is 15.9. The molecule has 2 aromatic carbocycles. The van der Waals surface area contributed by atoms with Gasteiger partial charge in [-0.15, -0.1) is 0 Å². The van der Waals surface area contributed by atoms with Gasteiger partial charge in [-0.3, -0.25) is 9.66 Å². The predicted molar refractivity (Wildman–Crippen MR) is 94.0 cm³/mol. The van der Waals surface area contributed by atoms with Crippen LogP contribution in [0.5, 0.6) is 0 Å². The molecule has 5 nitrogen and oxygen atoms in total. The van der Waals surface area contributed by atoms with Crippen molar-refractivity contribution in [3.63, 3.8) is 0 Å². The Morgan fingerprint density at radius 3 is 2.09 bits per heavy atom. The molecule has 2 aromatic rings. The van der Waals surface area contributed by atoms with E-state index in [4.69, 9.17) is 13.8 Å². The molecule has 120 valence electrons. The highest BCUT2D eigenvalue weighted by Gasteiger charge is 2.35. The number of rotatable bonds is 3. The van der Waals surface area contributed by atoms with Crippen molar-refractivity contribution in [2.75, 3.05) is 27.3 Å². The standard InChI is InChI=1S/C17H20N3O2P/c1-18-17(15-9-5-3-6-10-15)20(2)23(21-13-14-22-23)19-16-11-7-4-8-12-16/h3-12H,13-14H2,1-2H3. The van der Waals surface area contributed by atoms with Gasteiger partial charge in [-0.2, -0.15) is 4.74 Å². The molecule has 23 heavy (non-hydrogen) atoms. The molecule has 0 radical (unpaired) electrons. The van der Waals surface area contributed by atoms with Crippen LogP contribution in [-0.4, -0.2) is 37.8 Å². The maximum atomic E-state index is 5.98. The fourth-order valence-electron chi connectivity index (χ4n) is 2.46. The summed E-state index contributed by atoms with van der Waals surface area (Å²) in [6, 6.07) is 19.8. The fourth-order valence-corrected chi connectivity index (χ4v) is 4.62. The molecule has 0 spiro atoms. The van der Waals surface area contributed by atoms with E-state index in [1.165, 1.54) is 0 Å². The van der Waals surface area contributed by atoms with Crippen molar-refractivity contribution >= 4 is 19.2 Å². The molecule has 1 aliphatic heterocycles. The van der Waals surface area contributed by atoms with Crippen molar-refractivity contribution in [1.82, 2.24) is 4.67 Å². The Kier molecular flexibility index (Phi) is 4.91. The highest BCUT2D eigenvalue weighted by Crippen LogP contribution is 2.59. The highest BCUT2D eigenvalue weighted by molar-refractivity contribution is 7.55. The Morgan fingerprint density at radius 2 is 1.52 bits per heavy atom. The van der Waals surface area contributed by atoms with E-state index in [-0.39, 0.29) is 0 Å². The number of hydrogen-bond donors (Lipinski definition) is 0. The molecule has 0 aliphatic carbocycles. The summed E-state index contributed by atoms with van der Waals surface area (Å²) in [5, 5.41) is 0. The van der Waals surface area contributed by atoms with E-state index in [0.29, 0.717) is 13.2 Å². The van der Waals surface area contributed by atoms with Gasteiger partial charge < -0.3 is 9.05 Å². The van der Waals surface area contributed by atoms with Gasteiger partial charge in [-0.05, 0) is 12.1 Å². The third-order valence-electron chi connectivity index (χ3n) is 3.53. The molecule has 1 fully saturated rings. The summed E-state index contributed by atoms with van der Waals surface area (Å²) in [7, 11) is 1.13. The van der Waals surface area contributed by atoms with E-state index in [2.05, 4.69) is 4.99 Å². The van der Waals surface area contributed by atoms with Crippen molar-refractivity contribution in [3.8, 4) is 0 Å². The molecule has 1 aliphatic rings. The molecule has 0 saturated carbocycles. The summed E-state index contributed by atoms with van der Waals surface area (Å²) >= 11 is 0. The third kappa shape index (κ3) is 3.37. The van der Waals surface area contributed by atoms with Gasteiger partial charge in [0.1, 0.15) is 5.84 Å². The van der Waals surface area contributed by atoms with Gasteiger partial charge >= 0.3 is 7.66 Å². The smallest absolute Gasteiger partial charge is 0.305 e. The Bertz CT molecular complexity index is 722. The van der Waals surface area contributed by atoms with Gasteiger partial charge in [0.2, 0.25) is 0 Å². The molecule has 3 rings (SSSR count). The van der Waals surface area contributed by atoms with Gasteiger partial charge in [0.05, 0.1) is 18.9 Å². The number of hydrogen-bond acceptors (Lipinski definition) is 4. The monoisotopic (exact) mass is 329 g/mol. The van der Waals surface area contributed by atoms with Crippen molar-refractivity contribution in [1.29, 1.82) is 0 Å². The number of aliphatic imine (C=N–C) groups is 1. The highest BCUT2D eigenvalue weighted by atomic mass is 31.2. The number of nitrogens with zero attached hydrogens (tertiary/aromatic N) is 3.